The van der Waals surface area contributed by atoms with E-state index >= 15 is 0 Å². The molecule has 19 heteroatoms. The van der Waals surface area contributed by atoms with E-state index in [4.69, 9.17) is 16.6 Å². The van der Waals surface area contributed by atoms with Crippen molar-refractivity contribution in [2.75, 3.05) is 19.7 Å². The summed E-state index contributed by atoms with van der Waals surface area (Å²) in [4.78, 5) is 88.7. The van der Waals surface area contributed by atoms with Gasteiger partial charge in [0, 0.05) is 6.42 Å². The number of aliphatic carboxylic acids is 1. The molecule has 0 saturated carbocycles. The minimum atomic E-state index is -1.67. The second-order valence-electron chi connectivity index (χ2n) is 11.7. The number of amides is 6. The molecule has 0 heterocycles. The molecular weight excluding hydrogens is 660 g/mol. The van der Waals surface area contributed by atoms with Crippen molar-refractivity contribution in [3.05, 3.63) is 35.9 Å². The Morgan fingerprint density at radius 2 is 1.18 bits per heavy atom. The fourth-order valence-electron chi connectivity index (χ4n) is 4.45. The largest absolute Gasteiger partial charge is 0.480 e. The van der Waals surface area contributed by atoms with Crippen LogP contribution in [0.4, 0.5) is 0 Å². The summed E-state index contributed by atoms with van der Waals surface area (Å²) >= 11 is 0. The Morgan fingerprint density at radius 1 is 0.680 bits per heavy atom. The molecule has 1 aromatic rings. The van der Waals surface area contributed by atoms with Gasteiger partial charge in [-0.3, -0.25) is 33.6 Å². The van der Waals surface area contributed by atoms with E-state index in [1.54, 1.807) is 30.3 Å². The van der Waals surface area contributed by atoms with Crippen molar-refractivity contribution in [1.29, 1.82) is 0 Å². The van der Waals surface area contributed by atoms with E-state index in [0.717, 1.165) is 0 Å². The highest BCUT2D eigenvalue weighted by Gasteiger charge is 2.35. The molecule has 6 amide bonds. The molecule has 0 bridgehead atoms. The van der Waals surface area contributed by atoms with Gasteiger partial charge in [0.25, 0.3) is 0 Å². The van der Waals surface area contributed by atoms with Crippen LogP contribution >= 0.6 is 0 Å². The minimum Gasteiger partial charge on any atom is -0.480 e. The average Bonchev–Trinajstić information content (AvgIpc) is 3.06. The normalized spacial score (nSPS) is 15.8. The molecule has 14 N–H and O–H groups in total. The lowest BCUT2D eigenvalue weighted by atomic mass is 10.0. The number of unbranched alkanes of at least 4 members (excludes halogenated alkanes) is 1. The average molecular weight is 711 g/mol. The quantitative estimate of drug-likeness (QED) is 0.0503. The lowest BCUT2D eigenvalue weighted by Gasteiger charge is -2.28. The van der Waals surface area contributed by atoms with Gasteiger partial charge in [-0.2, -0.15) is 0 Å². The van der Waals surface area contributed by atoms with Crippen molar-refractivity contribution >= 4 is 41.4 Å². The fourth-order valence-corrected chi connectivity index (χ4v) is 4.45. The van der Waals surface area contributed by atoms with Crippen molar-refractivity contribution < 1.29 is 54.0 Å². The molecule has 0 aliphatic heterocycles. The summed E-state index contributed by atoms with van der Waals surface area (Å²) in [6.07, 6.45) is -2.26. The van der Waals surface area contributed by atoms with Gasteiger partial charge in [-0.15, -0.1) is 0 Å². The number of aliphatic hydroxyl groups excluding tert-OH is 3. The zero-order valence-electron chi connectivity index (χ0n) is 28.3. The molecule has 1 rings (SSSR count). The molecule has 0 radical (unpaired) electrons. The monoisotopic (exact) mass is 710 g/mol. The van der Waals surface area contributed by atoms with Crippen LogP contribution in [0.5, 0.6) is 0 Å². The number of nitrogens with two attached hydrogens (primary N) is 2. The van der Waals surface area contributed by atoms with Crippen LogP contribution in [0.1, 0.15) is 45.6 Å². The van der Waals surface area contributed by atoms with Crippen LogP contribution in [-0.4, -0.2) is 130 Å². The van der Waals surface area contributed by atoms with E-state index in [1.165, 1.54) is 20.8 Å². The Balaban J connectivity index is 3.29. The van der Waals surface area contributed by atoms with E-state index < -0.39 is 103 Å². The van der Waals surface area contributed by atoms with Gasteiger partial charge in [0.15, 0.2) is 0 Å². The van der Waals surface area contributed by atoms with Crippen LogP contribution in [0.25, 0.3) is 0 Å². The molecule has 0 unspecified atom stereocenters. The number of carboxylic acid groups (broad SMARTS) is 1. The topological polar surface area (TPSA) is 325 Å². The molecule has 8 atom stereocenters. The SMILES string of the molecule is C[C@H](N)C(=O)N[C@H](C(=O)N[C@H](C(=O)N[C@@H](CCCCN)C(=O)N[C@@H](Cc1ccccc1)C(=O)N[C@@H](CO)C(=O)NCC(=O)O)[C@@H](C)O)[C@@H](C)O. The number of hydrogen-bond acceptors (Lipinski definition) is 12. The Labute approximate surface area is 289 Å². The molecular formula is C31H50N8O11. The molecule has 0 spiro atoms. The number of carboxylic acids is 1. The predicted molar refractivity (Wildman–Crippen MR) is 177 cm³/mol. The van der Waals surface area contributed by atoms with E-state index in [1.807, 2.05) is 5.32 Å². The van der Waals surface area contributed by atoms with Gasteiger partial charge in [0.1, 0.15) is 36.8 Å². The highest BCUT2D eigenvalue weighted by molar-refractivity contribution is 5.97. The summed E-state index contributed by atoms with van der Waals surface area (Å²) in [5.74, 6) is -6.91. The van der Waals surface area contributed by atoms with Crippen molar-refractivity contribution in [3.8, 4) is 0 Å². The summed E-state index contributed by atoms with van der Waals surface area (Å²) in [6.45, 7) is 2.36. The molecule has 19 nitrogen and oxygen atoms in total. The maximum Gasteiger partial charge on any atom is 0.322 e. The maximum absolute atomic E-state index is 13.7. The molecule has 1 aromatic carbocycles. The van der Waals surface area contributed by atoms with Crippen molar-refractivity contribution in [2.24, 2.45) is 11.5 Å². The highest BCUT2D eigenvalue weighted by atomic mass is 16.4. The smallest absolute Gasteiger partial charge is 0.322 e. The van der Waals surface area contributed by atoms with Crippen molar-refractivity contribution in [2.45, 2.75) is 94.9 Å². The number of benzene rings is 1. The van der Waals surface area contributed by atoms with E-state index in [9.17, 15) is 48.9 Å². The van der Waals surface area contributed by atoms with Gasteiger partial charge in [0.2, 0.25) is 35.4 Å². The molecule has 0 aliphatic rings. The van der Waals surface area contributed by atoms with E-state index in [2.05, 4.69) is 26.6 Å². The Kier molecular flexibility index (Phi) is 19.2. The standard InChI is InChI=1S/C31H50N8O11/c1-16(33)26(45)38-25(18(3)42)31(50)39-24(17(2)41)30(49)35-20(11-7-8-12-32)28(47)36-21(13-19-9-5-4-6-10-19)29(48)37-22(15-40)27(46)34-14-23(43)44/h4-6,9-10,16-18,20-22,24-25,40-42H,7-8,11-15,32-33H2,1-3H3,(H,34,46)(H,35,49)(H,36,47)(H,37,48)(H,38,45)(H,39,50)(H,43,44)/t16-,17+,18+,20-,21-,22-,24-,25-/m0/s1. The van der Waals surface area contributed by atoms with Gasteiger partial charge < -0.3 is 63.8 Å². The number of aliphatic hydroxyl groups is 3. The summed E-state index contributed by atoms with van der Waals surface area (Å²) in [7, 11) is 0. The first-order valence-corrected chi connectivity index (χ1v) is 16.0. The Morgan fingerprint density at radius 3 is 1.68 bits per heavy atom. The van der Waals surface area contributed by atoms with Crippen LogP contribution in [-0.2, 0) is 40.0 Å². The van der Waals surface area contributed by atoms with Gasteiger partial charge in [-0.25, -0.2) is 0 Å². The molecule has 0 saturated heterocycles. The van der Waals surface area contributed by atoms with Crippen LogP contribution in [0.2, 0.25) is 0 Å². The summed E-state index contributed by atoms with van der Waals surface area (Å²) in [5, 5.41) is 52.9. The number of nitrogens with one attached hydrogen (secondary N) is 6. The van der Waals surface area contributed by atoms with Crippen LogP contribution < -0.4 is 43.4 Å². The van der Waals surface area contributed by atoms with Gasteiger partial charge >= 0.3 is 5.97 Å². The second-order valence-corrected chi connectivity index (χ2v) is 11.7. The van der Waals surface area contributed by atoms with Crippen LogP contribution in [0.15, 0.2) is 30.3 Å². The molecule has 0 aliphatic carbocycles. The third-order valence-corrected chi connectivity index (χ3v) is 7.26. The number of hydrogen-bond donors (Lipinski definition) is 12. The van der Waals surface area contributed by atoms with Crippen molar-refractivity contribution in [1.82, 2.24) is 31.9 Å². The third kappa shape index (κ3) is 15.2. The first-order chi connectivity index (χ1) is 23.5. The maximum atomic E-state index is 13.7. The lowest BCUT2D eigenvalue weighted by molar-refractivity contribution is -0.139. The lowest BCUT2D eigenvalue weighted by Crippen LogP contribution is -2.62. The molecule has 50 heavy (non-hydrogen) atoms. The summed E-state index contributed by atoms with van der Waals surface area (Å²) < 4.78 is 0. The van der Waals surface area contributed by atoms with Gasteiger partial charge in [-0.1, -0.05) is 30.3 Å². The number of rotatable bonds is 22. The molecule has 0 fully saturated rings. The van der Waals surface area contributed by atoms with Crippen LogP contribution in [0.3, 0.4) is 0 Å². The highest BCUT2D eigenvalue weighted by Crippen LogP contribution is 2.08. The van der Waals surface area contributed by atoms with E-state index in [-0.39, 0.29) is 19.4 Å². The Hall–Kier alpha value is -4.69. The zero-order chi connectivity index (χ0) is 38.0. The molecule has 0 aromatic heterocycles. The summed E-state index contributed by atoms with van der Waals surface area (Å²) in [5.41, 5.74) is 11.7. The second kappa shape index (κ2) is 22.1. The van der Waals surface area contributed by atoms with E-state index in [0.29, 0.717) is 18.4 Å². The fraction of sp³-hybridized carbons (Fsp3) is 0.581. The van der Waals surface area contributed by atoms with Crippen LogP contribution in [0, 0.1) is 0 Å². The first-order valence-electron chi connectivity index (χ1n) is 16.0. The number of carbonyl (C=O) groups excluding carboxylic acids is 6. The number of carbonyl (C=O) groups is 7. The van der Waals surface area contributed by atoms with Gasteiger partial charge in [-0.05, 0) is 52.1 Å². The van der Waals surface area contributed by atoms with Gasteiger partial charge in [0.05, 0.1) is 24.9 Å². The first kappa shape index (κ1) is 43.3. The van der Waals surface area contributed by atoms with Crippen molar-refractivity contribution in [3.63, 3.8) is 0 Å². The minimum absolute atomic E-state index is 0.00648. The Bertz CT molecular complexity index is 1300. The predicted octanol–water partition coefficient (Wildman–Crippen LogP) is -4.92. The molecule has 280 valence electrons. The summed E-state index contributed by atoms with van der Waals surface area (Å²) in [6, 6.07) is -0.0622. The zero-order valence-corrected chi connectivity index (χ0v) is 28.3. The third-order valence-electron chi connectivity index (χ3n) is 7.26.